The Kier molecular flexibility index (Phi) is 3.30. The fourth-order valence-corrected chi connectivity index (χ4v) is 1.50. The van der Waals surface area contributed by atoms with Crippen molar-refractivity contribution in [2.24, 2.45) is 0 Å². The molecule has 0 amide bonds. The quantitative estimate of drug-likeness (QED) is 0.862. The van der Waals surface area contributed by atoms with Crippen molar-refractivity contribution in [1.82, 2.24) is 0 Å². The summed E-state index contributed by atoms with van der Waals surface area (Å²) >= 11 is 8.76. The molecular weight excluding hydrogens is 259 g/mol. The van der Waals surface area contributed by atoms with Gasteiger partial charge in [-0.1, -0.05) is 27.5 Å². The Morgan fingerprint density at radius 3 is 2.69 bits per heavy atom. The maximum Gasteiger partial charge on any atom is 0.337 e. The Morgan fingerprint density at radius 1 is 1.54 bits per heavy atom. The van der Waals surface area contributed by atoms with Gasteiger partial charge in [0.15, 0.2) is 6.10 Å². The van der Waals surface area contributed by atoms with Gasteiger partial charge in [-0.3, -0.25) is 0 Å². The smallest absolute Gasteiger partial charge is 0.337 e. The maximum absolute atomic E-state index is 10.4. The van der Waals surface area contributed by atoms with Gasteiger partial charge < -0.3 is 10.2 Å². The molecule has 0 saturated heterocycles. The van der Waals surface area contributed by atoms with Crippen molar-refractivity contribution in [2.45, 2.75) is 6.10 Å². The van der Waals surface area contributed by atoms with Crippen molar-refractivity contribution >= 4 is 33.5 Å². The first-order valence-corrected chi connectivity index (χ1v) is 4.55. The van der Waals surface area contributed by atoms with Crippen molar-refractivity contribution < 1.29 is 15.0 Å². The van der Waals surface area contributed by atoms with Crippen LogP contribution in [0.1, 0.15) is 11.7 Å². The first kappa shape index (κ1) is 10.5. The van der Waals surface area contributed by atoms with Crippen LogP contribution >= 0.6 is 27.5 Å². The number of aliphatic hydroxyl groups excluding tert-OH is 1. The SMILES string of the molecule is O=C(O)[C@@H](O)c1cc(Cl)ccc1Br. The van der Waals surface area contributed by atoms with Crippen LogP contribution < -0.4 is 0 Å². The van der Waals surface area contributed by atoms with Crippen LogP contribution in [0.15, 0.2) is 22.7 Å². The molecule has 0 aliphatic heterocycles. The molecule has 1 atom stereocenters. The number of rotatable bonds is 2. The lowest BCUT2D eigenvalue weighted by molar-refractivity contribution is -0.147. The zero-order chi connectivity index (χ0) is 10.0. The van der Waals surface area contributed by atoms with Gasteiger partial charge in [0, 0.05) is 15.1 Å². The Balaban J connectivity index is 3.12. The molecule has 5 heteroatoms. The molecule has 13 heavy (non-hydrogen) atoms. The Morgan fingerprint density at radius 2 is 2.15 bits per heavy atom. The van der Waals surface area contributed by atoms with Gasteiger partial charge in [-0.25, -0.2) is 4.79 Å². The lowest BCUT2D eigenvalue weighted by Crippen LogP contribution is -2.10. The van der Waals surface area contributed by atoms with Crippen molar-refractivity contribution in [3.63, 3.8) is 0 Å². The topological polar surface area (TPSA) is 57.5 Å². The van der Waals surface area contributed by atoms with E-state index in [0.29, 0.717) is 9.50 Å². The maximum atomic E-state index is 10.4. The number of hydrogen-bond acceptors (Lipinski definition) is 2. The van der Waals surface area contributed by atoms with E-state index in [1.165, 1.54) is 6.07 Å². The second-order valence-electron chi connectivity index (χ2n) is 2.41. The third-order valence-corrected chi connectivity index (χ3v) is 2.44. The monoisotopic (exact) mass is 264 g/mol. The van der Waals surface area contributed by atoms with Gasteiger partial charge in [0.05, 0.1) is 0 Å². The van der Waals surface area contributed by atoms with Crippen molar-refractivity contribution in [2.75, 3.05) is 0 Å². The highest BCUT2D eigenvalue weighted by Gasteiger charge is 2.18. The normalized spacial score (nSPS) is 12.5. The van der Waals surface area contributed by atoms with E-state index in [2.05, 4.69) is 15.9 Å². The zero-order valence-corrected chi connectivity index (χ0v) is 8.71. The average molecular weight is 265 g/mol. The molecule has 0 heterocycles. The molecule has 0 fully saturated rings. The second-order valence-corrected chi connectivity index (χ2v) is 3.70. The standard InChI is InChI=1S/C8H6BrClO3/c9-6-2-1-4(10)3-5(6)7(11)8(12)13/h1-3,7,11H,(H,12,13)/t7-/m0/s1. The third-order valence-electron chi connectivity index (χ3n) is 1.49. The minimum absolute atomic E-state index is 0.250. The van der Waals surface area contributed by atoms with E-state index in [-0.39, 0.29) is 5.56 Å². The summed E-state index contributed by atoms with van der Waals surface area (Å²) in [6.45, 7) is 0. The van der Waals surface area contributed by atoms with E-state index in [1.807, 2.05) is 0 Å². The van der Waals surface area contributed by atoms with E-state index >= 15 is 0 Å². The molecule has 1 aromatic carbocycles. The average Bonchev–Trinajstić information content (AvgIpc) is 2.08. The lowest BCUT2D eigenvalue weighted by Gasteiger charge is -2.08. The molecule has 0 radical (unpaired) electrons. The second kappa shape index (κ2) is 4.09. The van der Waals surface area contributed by atoms with Gasteiger partial charge in [-0.2, -0.15) is 0 Å². The Hall–Kier alpha value is -0.580. The van der Waals surface area contributed by atoms with Gasteiger partial charge in [0.25, 0.3) is 0 Å². The summed E-state index contributed by atoms with van der Waals surface area (Å²) < 4.78 is 0.520. The van der Waals surface area contributed by atoms with Crippen LogP contribution in [0.25, 0.3) is 0 Å². The minimum Gasteiger partial charge on any atom is -0.479 e. The number of halogens is 2. The largest absolute Gasteiger partial charge is 0.479 e. The first-order valence-electron chi connectivity index (χ1n) is 3.38. The zero-order valence-electron chi connectivity index (χ0n) is 6.37. The Labute approximate surface area is 88.1 Å². The number of carboxylic acid groups (broad SMARTS) is 1. The summed E-state index contributed by atoms with van der Waals surface area (Å²) in [6, 6.07) is 4.60. The van der Waals surface area contributed by atoms with Crippen LogP contribution in [0.4, 0.5) is 0 Å². The van der Waals surface area contributed by atoms with Crippen molar-refractivity contribution in [3.05, 3.63) is 33.3 Å². The molecule has 70 valence electrons. The highest BCUT2D eigenvalue weighted by molar-refractivity contribution is 9.10. The molecule has 3 nitrogen and oxygen atoms in total. The van der Waals surface area contributed by atoms with E-state index in [4.69, 9.17) is 16.7 Å². The molecular formula is C8H6BrClO3. The number of carbonyl (C=O) groups is 1. The summed E-state index contributed by atoms with van der Waals surface area (Å²) in [5.74, 6) is -1.30. The molecule has 0 spiro atoms. The third kappa shape index (κ3) is 2.43. The van der Waals surface area contributed by atoms with Gasteiger partial charge >= 0.3 is 5.97 Å². The number of hydrogen-bond donors (Lipinski definition) is 2. The fraction of sp³-hybridized carbons (Fsp3) is 0.125. The van der Waals surface area contributed by atoms with Crippen LogP contribution in [0.5, 0.6) is 0 Å². The minimum atomic E-state index is -1.55. The molecule has 0 unspecified atom stereocenters. The fourth-order valence-electron chi connectivity index (χ4n) is 0.857. The van der Waals surface area contributed by atoms with Crippen molar-refractivity contribution in [1.29, 1.82) is 0 Å². The molecule has 0 aliphatic rings. The van der Waals surface area contributed by atoms with Gasteiger partial charge in [0.2, 0.25) is 0 Å². The molecule has 1 rings (SSSR count). The first-order chi connectivity index (χ1) is 6.02. The van der Waals surface area contributed by atoms with Crippen LogP contribution in [0.2, 0.25) is 5.02 Å². The summed E-state index contributed by atoms with van der Waals surface area (Å²) in [5.41, 5.74) is 0.250. The van der Waals surface area contributed by atoms with Crippen LogP contribution in [0.3, 0.4) is 0 Å². The van der Waals surface area contributed by atoms with Crippen LogP contribution in [-0.4, -0.2) is 16.2 Å². The Bertz CT molecular complexity index is 340. The molecule has 2 N–H and O–H groups in total. The molecule has 0 aliphatic carbocycles. The molecule has 0 bridgehead atoms. The van der Waals surface area contributed by atoms with Gasteiger partial charge in [-0.05, 0) is 18.2 Å². The van der Waals surface area contributed by atoms with Crippen LogP contribution in [-0.2, 0) is 4.79 Å². The highest BCUT2D eigenvalue weighted by Crippen LogP contribution is 2.26. The highest BCUT2D eigenvalue weighted by atomic mass is 79.9. The summed E-state index contributed by atoms with van der Waals surface area (Å²) in [4.78, 5) is 10.4. The summed E-state index contributed by atoms with van der Waals surface area (Å²) in [7, 11) is 0. The van der Waals surface area contributed by atoms with E-state index < -0.39 is 12.1 Å². The molecule has 0 aromatic heterocycles. The van der Waals surface area contributed by atoms with Crippen LogP contribution in [0, 0.1) is 0 Å². The summed E-state index contributed by atoms with van der Waals surface area (Å²) in [6.07, 6.45) is -1.55. The van der Waals surface area contributed by atoms with E-state index in [1.54, 1.807) is 12.1 Å². The molecule has 1 aromatic rings. The predicted octanol–water partition coefficient (Wildman–Crippen LogP) is 2.22. The summed E-state index contributed by atoms with van der Waals surface area (Å²) in [5, 5.41) is 18.1. The number of aliphatic hydroxyl groups is 1. The molecule has 0 saturated carbocycles. The lowest BCUT2D eigenvalue weighted by atomic mass is 10.1. The van der Waals surface area contributed by atoms with Gasteiger partial charge in [-0.15, -0.1) is 0 Å². The number of carboxylic acids is 1. The van der Waals surface area contributed by atoms with E-state index in [9.17, 15) is 9.90 Å². The predicted molar refractivity (Wildman–Crippen MR) is 51.7 cm³/mol. The van der Waals surface area contributed by atoms with E-state index in [0.717, 1.165) is 0 Å². The van der Waals surface area contributed by atoms with Crippen molar-refractivity contribution in [3.8, 4) is 0 Å². The van der Waals surface area contributed by atoms with Gasteiger partial charge in [0.1, 0.15) is 0 Å². The number of aliphatic carboxylic acids is 1. The number of benzene rings is 1.